The van der Waals surface area contributed by atoms with Crippen LogP contribution < -0.4 is 5.73 Å². The number of nitrogens with two attached hydrogens (primary N) is 1. The highest BCUT2D eigenvalue weighted by Gasteiger charge is 2.16. The third-order valence-electron chi connectivity index (χ3n) is 2.60. The quantitative estimate of drug-likeness (QED) is 0.375. The average molecular weight is 247 g/mol. The van der Waals surface area contributed by atoms with Crippen LogP contribution in [0.2, 0.25) is 0 Å². The molecule has 0 aromatic heterocycles. The van der Waals surface area contributed by atoms with Gasteiger partial charge in [0.15, 0.2) is 0 Å². The maximum absolute atomic E-state index is 9.75. The Bertz CT molecular complexity index is 543. The molecule has 0 saturated carbocycles. The number of hydrogen-bond acceptors (Lipinski definition) is 4. The molecule has 1 atom stereocenters. The van der Waals surface area contributed by atoms with Crippen molar-refractivity contribution in [1.82, 2.24) is 0 Å². The number of rotatable bonds is 2. The maximum Gasteiger partial charge on any atom is 0.120 e. The highest BCUT2D eigenvalue weighted by Crippen LogP contribution is 2.37. The highest BCUT2D eigenvalue weighted by atomic mass is 32.1. The molecule has 0 aliphatic carbocycles. The van der Waals surface area contributed by atoms with Crippen molar-refractivity contribution in [2.75, 3.05) is 5.73 Å². The van der Waals surface area contributed by atoms with Gasteiger partial charge in [-0.05, 0) is 29.8 Å². The molecule has 2 aromatic rings. The zero-order chi connectivity index (χ0) is 12.4. The molecule has 88 valence electrons. The first-order valence-electron chi connectivity index (χ1n) is 5.14. The molecule has 0 aliphatic heterocycles. The molecule has 4 N–H and O–H groups in total. The van der Waals surface area contributed by atoms with Crippen molar-refractivity contribution in [3.8, 4) is 11.5 Å². The van der Waals surface area contributed by atoms with Crippen molar-refractivity contribution < 1.29 is 10.2 Å². The van der Waals surface area contributed by atoms with Crippen LogP contribution in [-0.4, -0.2) is 10.2 Å². The van der Waals surface area contributed by atoms with Gasteiger partial charge >= 0.3 is 0 Å². The number of para-hydroxylation sites is 1. The molecule has 0 radical (unpaired) electrons. The molecule has 2 aromatic carbocycles. The largest absolute Gasteiger partial charge is 0.508 e. The van der Waals surface area contributed by atoms with E-state index in [1.165, 1.54) is 6.07 Å². The summed E-state index contributed by atoms with van der Waals surface area (Å²) in [5.74, 6) is 0.291. The fraction of sp³-hybridized carbons (Fsp3) is 0.0769. The van der Waals surface area contributed by atoms with E-state index >= 15 is 0 Å². The van der Waals surface area contributed by atoms with Crippen LogP contribution in [0.15, 0.2) is 42.5 Å². The lowest BCUT2D eigenvalue weighted by molar-refractivity contribution is 0.468. The van der Waals surface area contributed by atoms with Crippen LogP contribution in [0.4, 0.5) is 5.69 Å². The smallest absolute Gasteiger partial charge is 0.120 e. The Labute approximate surface area is 105 Å². The van der Waals surface area contributed by atoms with Crippen LogP contribution in [-0.2, 0) is 0 Å². The zero-order valence-corrected chi connectivity index (χ0v) is 9.93. The summed E-state index contributed by atoms with van der Waals surface area (Å²) in [5.41, 5.74) is 7.71. The van der Waals surface area contributed by atoms with Crippen LogP contribution in [0.1, 0.15) is 16.4 Å². The molecule has 0 heterocycles. The molecular formula is C13H13NO2S. The van der Waals surface area contributed by atoms with Crippen molar-refractivity contribution in [2.45, 2.75) is 5.25 Å². The number of hydrogen-bond donors (Lipinski definition) is 4. The highest BCUT2D eigenvalue weighted by molar-refractivity contribution is 7.80. The zero-order valence-electron chi connectivity index (χ0n) is 9.04. The summed E-state index contributed by atoms with van der Waals surface area (Å²) in [5, 5.41) is 18.8. The first-order chi connectivity index (χ1) is 8.09. The van der Waals surface area contributed by atoms with Gasteiger partial charge < -0.3 is 15.9 Å². The number of benzene rings is 2. The fourth-order valence-corrected chi connectivity index (χ4v) is 2.13. The second kappa shape index (κ2) is 4.59. The Hall–Kier alpha value is -1.81. The van der Waals surface area contributed by atoms with Gasteiger partial charge in [-0.3, -0.25) is 0 Å². The number of phenolic OH excluding ortho intramolecular Hbond substituents is 2. The second-order valence-corrected chi connectivity index (χ2v) is 4.29. The van der Waals surface area contributed by atoms with Crippen LogP contribution >= 0.6 is 12.6 Å². The van der Waals surface area contributed by atoms with E-state index in [1.54, 1.807) is 30.3 Å². The van der Waals surface area contributed by atoms with Crippen LogP contribution in [0, 0.1) is 0 Å². The number of anilines is 1. The van der Waals surface area contributed by atoms with E-state index in [0.29, 0.717) is 16.8 Å². The Morgan fingerprint density at radius 1 is 1.00 bits per heavy atom. The van der Waals surface area contributed by atoms with Crippen LogP contribution in [0.3, 0.4) is 0 Å². The average Bonchev–Trinajstić information content (AvgIpc) is 2.32. The molecular weight excluding hydrogens is 234 g/mol. The predicted molar refractivity (Wildman–Crippen MR) is 71.5 cm³/mol. The Morgan fingerprint density at radius 2 is 1.71 bits per heavy atom. The van der Waals surface area contributed by atoms with Gasteiger partial charge in [0.25, 0.3) is 0 Å². The molecule has 4 heteroatoms. The number of nitrogen functional groups attached to an aromatic ring is 1. The summed E-state index contributed by atoms with van der Waals surface area (Å²) >= 11 is 4.44. The first-order valence-corrected chi connectivity index (χ1v) is 5.65. The minimum atomic E-state index is -0.372. The molecule has 0 amide bonds. The molecule has 0 saturated heterocycles. The molecule has 0 spiro atoms. The van der Waals surface area contributed by atoms with Gasteiger partial charge in [-0.2, -0.15) is 12.6 Å². The van der Waals surface area contributed by atoms with Crippen LogP contribution in [0.5, 0.6) is 11.5 Å². The normalized spacial score (nSPS) is 12.3. The van der Waals surface area contributed by atoms with Crippen molar-refractivity contribution in [3.05, 3.63) is 53.6 Å². The van der Waals surface area contributed by atoms with E-state index in [4.69, 9.17) is 5.73 Å². The van der Waals surface area contributed by atoms with Gasteiger partial charge in [0.2, 0.25) is 0 Å². The lowest BCUT2D eigenvalue weighted by atomic mass is 10.0. The van der Waals surface area contributed by atoms with Gasteiger partial charge in [0, 0.05) is 11.3 Å². The summed E-state index contributed by atoms with van der Waals surface area (Å²) in [6, 6.07) is 11.6. The molecule has 17 heavy (non-hydrogen) atoms. The maximum atomic E-state index is 9.75. The van der Waals surface area contributed by atoms with Gasteiger partial charge in [-0.1, -0.05) is 18.2 Å². The third-order valence-corrected chi connectivity index (χ3v) is 3.15. The molecule has 2 rings (SSSR count). The molecule has 0 bridgehead atoms. The third kappa shape index (κ3) is 2.31. The van der Waals surface area contributed by atoms with Crippen molar-refractivity contribution in [1.29, 1.82) is 0 Å². The van der Waals surface area contributed by atoms with Gasteiger partial charge in [-0.25, -0.2) is 0 Å². The number of thiol groups is 1. The van der Waals surface area contributed by atoms with Crippen molar-refractivity contribution in [2.24, 2.45) is 0 Å². The predicted octanol–water partition coefficient (Wildman–Crippen LogP) is 2.70. The standard InChI is InChI=1S/C13H13NO2S/c14-11-6-5-8(15)7-10(11)13(17)9-3-1-2-4-12(9)16/h1-7,13,15-17H,14H2. The first kappa shape index (κ1) is 11.7. The minimum Gasteiger partial charge on any atom is -0.508 e. The van der Waals surface area contributed by atoms with E-state index in [9.17, 15) is 10.2 Å². The fourth-order valence-electron chi connectivity index (χ4n) is 1.69. The van der Waals surface area contributed by atoms with Gasteiger partial charge in [0.05, 0.1) is 5.25 Å². The molecule has 1 unspecified atom stereocenters. The lowest BCUT2D eigenvalue weighted by Gasteiger charge is -2.15. The van der Waals surface area contributed by atoms with Crippen molar-refractivity contribution >= 4 is 18.3 Å². The van der Waals surface area contributed by atoms with E-state index in [2.05, 4.69) is 12.6 Å². The minimum absolute atomic E-state index is 0.128. The summed E-state index contributed by atoms with van der Waals surface area (Å²) in [4.78, 5) is 0. The Kier molecular flexibility index (Phi) is 3.15. The van der Waals surface area contributed by atoms with Crippen LogP contribution in [0.25, 0.3) is 0 Å². The molecule has 3 nitrogen and oxygen atoms in total. The number of phenols is 2. The summed E-state index contributed by atoms with van der Waals surface area (Å²) in [6.45, 7) is 0. The summed E-state index contributed by atoms with van der Waals surface area (Å²) in [7, 11) is 0. The van der Waals surface area contributed by atoms with E-state index < -0.39 is 0 Å². The van der Waals surface area contributed by atoms with E-state index in [0.717, 1.165) is 0 Å². The van der Waals surface area contributed by atoms with E-state index in [-0.39, 0.29) is 16.7 Å². The Balaban J connectivity index is 2.47. The van der Waals surface area contributed by atoms with E-state index in [1.807, 2.05) is 6.07 Å². The summed E-state index contributed by atoms with van der Waals surface area (Å²) in [6.07, 6.45) is 0. The summed E-state index contributed by atoms with van der Waals surface area (Å²) < 4.78 is 0. The number of aromatic hydroxyl groups is 2. The monoisotopic (exact) mass is 247 g/mol. The van der Waals surface area contributed by atoms with Gasteiger partial charge in [0.1, 0.15) is 11.5 Å². The van der Waals surface area contributed by atoms with Gasteiger partial charge in [-0.15, -0.1) is 0 Å². The topological polar surface area (TPSA) is 66.5 Å². The SMILES string of the molecule is Nc1ccc(O)cc1C(S)c1ccccc1O. The second-order valence-electron chi connectivity index (χ2n) is 3.77. The molecule has 0 aliphatic rings. The lowest BCUT2D eigenvalue weighted by Crippen LogP contribution is -1.99. The molecule has 0 fully saturated rings. The Morgan fingerprint density at radius 3 is 2.41 bits per heavy atom. The van der Waals surface area contributed by atoms with Crippen molar-refractivity contribution in [3.63, 3.8) is 0 Å².